The van der Waals surface area contributed by atoms with Crippen molar-refractivity contribution in [1.82, 2.24) is 9.36 Å². The van der Waals surface area contributed by atoms with Gasteiger partial charge in [0.2, 0.25) is 11.0 Å². The summed E-state index contributed by atoms with van der Waals surface area (Å²) in [6.45, 7) is 0.678. The number of halogens is 3. The summed E-state index contributed by atoms with van der Waals surface area (Å²) in [4.78, 5) is 3.37. The molecule has 0 aromatic carbocycles. The molecule has 0 radical (unpaired) electrons. The highest BCUT2D eigenvalue weighted by Gasteiger charge is 2.36. The summed E-state index contributed by atoms with van der Waals surface area (Å²) in [6, 6.07) is 0. The summed E-state index contributed by atoms with van der Waals surface area (Å²) >= 11 is 0.756. The van der Waals surface area contributed by atoms with E-state index in [1.807, 2.05) is 0 Å². The third-order valence-electron chi connectivity index (χ3n) is 2.21. The fourth-order valence-corrected chi connectivity index (χ4v) is 1.81. The zero-order chi connectivity index (χ0) is 10.9. The number of nitrogens with zero attached hydrogens (tertiary/aromatic N) is 2. The highest BCUT2D eigenvalue weighted by molar-refractivity contribution is 7.09. The SMILES string of the molecule is FC(F)(F)c1nsc(NCCC2CC2)n1. The Morgan fingerprint density at radius 2 is 2.13 bits per heavy atom. The van der Waals surface area contributed by atoms with Gasteiger partial charge in [-0.1, -0.05) is 12.8 Å². The second-order valence-corrected chi connectivity index (χ2v) is 4.33. The van der Waals surface area contributed by atoms with Crippen molar-refractivity contribution in [2.45, 2.75) is 25.4 Å². The predicted octanol–water partition coefficient (Wildman–Crippen LogP) is 2.77. The summed E-state index contributed by atoms with van der Waals surface area (Å²) < 4.78 is 39.6. The van der Waals surface area contributed by atoms with Crippen molar-refractivity contribution in [3.8, 4) is 0 Å². The molecule has 0 spiro atoms. The zero-order valence-corrected chi connectivity index (χ0v) is 8.66. The first-order chi connectivity index (χ1) is 7.05. The van der Waals surface area contributed by atoms with Crippen molar-refractivity contribution < 1.29 is 13.2 Å². The second kappa shape index (κ2) is 3.96. The van der Waals surface area contributed by atoms with Gasteiger partial charge in [-0.15, -0.1) is 0 Å². The lowest BCUT2D eigenvalue weighted by Crippen LogP contribution is -2.08. The average Bonchev–Trinajstić information content (AvgIpc) is 2.80. The van der Waals surface area contributed by atoms with Crippen molar-refractivity contribution in [2.24, 2.45) is 5.92 Å². The molecular weight excluding hydrogens is 227 g/mol. The van der Waals surface area contributed by atoms with E-state index in [-0.39, 0.29) is 5.13 Å². The van der Waals surface area contributed by atoms with Gasteiger partial charge in [0.05, 0.1) is 0 Å². The van der Waals surface area contributed by atoms with E-state index < -0.39 is 12.0 Å². The molecule has 1 fully saturated rings. The van der Waals surface area contributed by atoms with Gasteiger partial charge in [-0.3, -0.25) is 0 Å². The monoisotopic (exact) mass is 237 g/mol. The van der Waals surface area contributed by atoms with E-state index in [1.54, 1.807) is 0 Å². The number of nitrogens with one attached hydrogen (secondary N) is 1. The topological polar surface area (TPSA) is 37.8 Å². The van der Waals surface area contributed by atoms with E-state index in [4.69, 9.17) is 0 Å². The summed E-state index contributed by atoms with van der Waals surface area (Å²) in [5.41, 5.74) is 0. The molecule has 1 aromatic heterocycles. The molecule has 0 atom stereocenters. The molecule has 1 aromatic rings. The Hall–Kier alpha value is -0.850. The first-order valence-corrected chi connectivity index (χ1v) is 5.48. The first-order valence-electron chi connectivity index (χ1n) is 4.70. The number of alkyl halides is 3. The van der Waals surface area contributed by atoms with E-state index in [2.05, 4.69) is 14.7 Å². The number of hydrogen-bond acceptors (Lipinski definition) is 4. The summed E-state index contributed by atoms with van der Waals surface area (Å²) in [6.07, 6.45) is -0.953. The first kappa shape index (κ1) is 10.7. The Labute approximate surface area is 88.9 Å². The molecule has 1 aliphatic carbocycles. The van der Waals surface area contributed by atoms with Crippen LogP contribution in [0.15, 0.2) is 0 Å². The van der Waals surface area contributed by atoms with Gasteiger partial charge in [0.25, 0.3) is 0 Å². The van der Waals surface area contributed by atoms with Crippen LogP contribution in [0.5, 0.6) is 0 Å². The lowest BCUT2D eigenvalue weighted by molar-refractivity contribution is -0.144. The minimum atomic E-state index is -4.44. The maximum Gasteiger partial charge on any atom is 0.452 e. The molecule has 1 saturated carbocycles. The van der Waals surface area contributed by atoms with Gasteiger partial charge in [0.1, 0.15) is 0 Å². The molecule has 7 heteroatoms. The highest BCUT2D eigenvalue weighted by Crippen LogP contribution is 2.32. The smallest absolute Gasteiger partial charge is 0.360 e. The number of hydrogen-bond donors (Lipinski definition) is 1. The van der Waals surface area contributed by atoms with Crippen LogP contribution in [0.25, 0.3) is 0 Å². The summed E-state index contributed by atoms with van der Waals surface area (Å²) in [7, 11) is 0. The van der Waals surface area contributed by atoms with Gasteiger partial charge in [-0.2, -0.15) is 22.5 Å². The molecule has 2 rings (SSSR count). The lowest BCUT2D eigenvalue weighted by atomic mass is 10.3. The van der Waals surface area contributed by atoms with E-state index in [0.717, 1.165) is 23.9 Å². The van der Waals surface area contributed by atoms with Crippen LogP contribution in [0.2, 0.25) is 0 Å². The largest absolute Gasteiger partial charge is 0.452 e. The van der Waals surface area contributed by atoms with Gasteiger partial charge in [-0.25, -0.2) is 0 Å². The van der Waals surface area contributed by atoms with Crippen molar-refractivity contribution in [2.75, 3.05) is 11.9 Å². The van der Waals surface area contributed by atoms with Crippen LogP contribution in [0.3, 0.4) is 0 Å². The molecule has 0 amide bonds. The molecule has 0 unspecified atom stereocenters. The van der Waals surface area contributed by atoms with Gasteiger partial charge < -0.3 is 5.32 Å². The number of rotatable bonds is 4. The van der Waals surface area contributed by atoms with E-state index >= 15 is 0 Å². The third kappa shape index (κ3) is 3.05. The third-order valence-corrected chi connectivity index (χ3v) is 2.88. The van der Waals surface area contributed by atoms with Crippen molar-refractivity contribution >= 4 is 16.7 Å². The lowest BCUT2D eigenvalue weighted by Gasteiger charge is -2.00. The zero-order valence-electron chi connectivity index (χ0n) is 7.84. The minimum absolute atomic E-state index is 0.253. The molecule has 15 heavy (non-hydrogen) atoms. The van der Waals surface area contributed by atoms with Crippen LogP contribution in [0, 0.1) is 5.92 Å². The maximum atomic E-state index is 12.1. The van der Waals surface area contributed by atoms with Crippen LogP contribution in [-0.4, -0.2) is 15.9 Å². The number of anilines is 1. The maximum absolute atomic E-state index is 12.1. The van der Waals surface area contributed by atoms with Crippen molar-refractivity contribution in [3.05, 3.63) is 5.82 Å². The molecule has 3 nitrogen and oxygen atoms in total. The Morgan fingerprint density at radius 3 is 2.67 bits per heavy atom. The van der Waals surface area contributed by atoms with Gasteiger partial charge in [0.15, 0.2) is 0 Å². The molecule has 0 aliphatic heterocycles. The Morgan fingerprint density at radius 1 is 1.40 bits per heavy atom. The van der Waals surface area contributed by atoms with E-state index in [1.165, 1.54) is 12.8 Å². The van der Waals surface area contributed by atoms with Gasteiger partial charge in [-0.05, 0) is 12.3 Å². The van der Waals surface area contributed by atoms with Crippen LogP contribution in [0.1, 0.15) is 25.1 Å². The summed E-state index contributed by atoms with van der Waals surface area (Å²) in [5.74, 6) is -0.297. The summed E-state index contributed by atoms with van der Waals surface area (Å²) in [5, 5.41) is 3.11. The van der Waals surface area contributed by atoms with Crippen molar-refractivity contribution in [1.29, 1.82) is 0 Å². The van der Waals surface area contributed by atoms with Gasteiger partial charge in [0, 0.05) is 18.1 Å². The average molecular weight is 237 g/mol. The standard InChI is InChI=1S/C8H10F3N3S/c9-8(10,11)6-13-7(15-14-6)12-4-3-5-1-2-5/h5H,1-4H2,(H,12,13,14). The molecule has 1 heterocycles. The molecular formula is C8H10F3N3S. The molecule has 0 saturated heterocycles. The van der Waals surface area contributed by atoms with Crippen LogP contribution >= 0.6 is 11.5 Å². The fourth-order valence-electron chi connectivity index (χ4n) is 1.20. The minimum Gasteiger partial charge on any atom is -0.360 e. The second-order valence-electron chi connectivity index (χ2n) is 3.58. The van der Waals surface area contributed by atoms with Crippen LogP contribution in [0.4, 0.5) is 18.3 Å². The molecule has 0 bridgehead atoms. The Balaban J connectivity index is 1.83. The van der Waals surface area contributed by atoms with E-state index in [9.17, 15) is 13.2 Å². The quantitative estimate of drug-likeness (QED) is 0.875. The molecule has 84 valence electrons. The van der Waals surface area contributed by atoms with Crippen molar-refractivity contribution in [3.63, 3.8) is 0 Å². The predicted molar refractivity (Wildman–Crippen MR) is 50.7 cm³/mol. The highest BCUT2D eigenvalue weighted by atomic mass is 32.1. The fraction of sp³-hybridized carbons (Fsp3) is 0.750. The Bertz CT molecular complexity index is 332. The normalized spacial score (nSPS) is 16.7. The van der Waals surface area contributed by atoms with Gasteiger partial charge >= 0.3 is 6.18 Å². The number of aromatic nitrogens is 2. The molecule has 1 aliphatic rings. The molecule has 1 N–H and O–H groups in total. The Kier molecular flexibility index (Phi) is 2.81. The van der Waals surface area contributed by atoms with Crippen LogP contribution < -0.4 is 5.32 Å². The van der Waals surface area contributed by atoms with Crippen LogP contribution in [-0.2, 0) is 6.18 Å². The van der Waals surface area contributed by atoms with E-state index in [0.29, 0.717) is 6.54 Å².